The van der Waals surface area contributed by atoms with Gasteiger partial charge in [0.2, 0.25) is 9.84 Å². The van der Waals surface area contributed by atoms with Crippen molar-refractivity contribution in [2.24, 2.45) is 0 Å². The maximum absolute atomic E-state index is 12.8. The van der Waals surface area contributed by atoms with Crippen molar-refractivity contribution in [3.05, 3.63) is 53.6 Å². The molecule has 130 valence electrons. The first-order chi connectivity index (χ1) is 11.7. The summed E-state index contributed by atoms with van der Waals surface area (Å²) in [7, 11) is -3.76. The number of aliphatic hydroxyl groups is 1. The van der Waals surface area contributed by atoms with Crippen LogP contribution in [0.2, 0.25) is 0 Å². The van der Waals surface area contributed by atoms with Crippen LogP contribution < -0.4 is 4.74 Å². The lowest BCUT2D eigenvalue weighted by molar-refractivity contribution is 0.0223. The lowest BCUT2D eigenvalue weighted by Crippen LogP contribution is -2.45. The van der Waals surface area contributed by atoms with Crippen LogP contribution in [-0.2, 0) is 9.84 Å². The molecule has 0 bridgehead atoms. The monoisotopic (exact) mass is 421 g/mol. The molecule has 0 saturated heterocycles. The van der Waals surface area contributed by atoms with E-state index < -0.39 is 21.5 Å². The van der Waals surface area contributed by atoms with Crippen LogP contribution in [0.4, 0.5) is 0 Å². The van der Waals surface area contributed by atoms with Crippen LogP contribution in [0.5, 0.6) is 5.75 Å². The van der Waals surface area contributed by atoms with Crippen LogP contribution >= 0.6 is 15.9 Å². The molecule has 2 aromatic carbocycles. The average molecular weight is 422 g/mol. The predicted molar refractivity (Wildman–Crippen MR) is 95.4 cm³/mol. The standard InChI is InChI=1S/C18H16BrNO4S/c1-18(2)17(19)16(21)14-9-13(7-8-15(14)24-18)25(22,23)12-5-3-11(10-20)4-6-12/h3-9,16-17,21H,1-2H3. The van der Waals surface area contributed by atoms with E-state index in [1.54, 1.807) is 6.07 Å². The number of sulfone groups is 1. The maximum atomic E-state index is 12.8. The molecular weight excluding hydrogens is 406 g/mol. The normalized spacial score (nSPS) is 21.7. The van der Waals surface area contributed by atoms with Gasteiger partial charge in [-0.15, -0.1) is 0 Å². The molecule has 7 heteroatoms. The SMILES string of the molecule is CC1(C)Oc2ccc(S(=O)(=O)c3ccc(C#N)cc3)cc2C(O)C1Br. The van der Waals surface area contributed by atoms with Crippen molar-refractivity contribution in [2.45, 2.75) is 40.2 Å². The fraction of sp³-hybridized carbons (Fsp3) is 0.278. The number of hydrogen-bond acceptors (Lipinski definition) is 5. The first-order valence-corrected chi connectivity index (χ1v) is 9.97. The second-order valence-electron chi connectivity index (χ2n) is 6.39. The Bertz CT molecular complexity index is 962. The van der Waals surface area contributed by atoms with Gasteiger partial charge < -0.3 is 9.84 Å². The van der Waals surface area contributed by atoms with E-state index in [1.807, 2.05) is 19.9 Å². The number of alkyl halides is 1. The molecule has 2 aromatic rings. The van der Waals surface area contributed by atoms with E-state index in [9.17, 15) is 13.5 Å². The van der Waals surface area contributed by atoms with E-state index in [-0.39, 0.29) is 14.6 Å². The Hall–Kier alpha value is -1.88. The lowest BCUT2D eigenvalue weighted by atomic mass is 9.91. The number of rotatable bonds is 2. The molecule has 1 heterocycles. The number of benzene rings is 2. The van der Waals surface area contributed by atoms with Gasteiger partial charge >= 0.3 is 0 Å². The summed E-state index contributed by atoms with van der Waals surface area (Å²) in [6.45, 7) is 3.69. The molecular formula is C18H16BrNO4S. The van der Waals surface area contributed by atoms with Gasteiger partial charge in [0.25, 0.3) is 0 Å². The molecule has 1 N–H and O–H groups in total. The minimum absolute atomic E-state index is 0.0676. The number of hydrogen-bond donors (Lipinski definition) is 1. The zero-order valence-corrected chi connectivity index (χ0v) is 16.0. The first-order valence-electron chi connectivity index (χ1n) is 7.57. The smallest absolute Gasteiger partial charge is 0.206 e. The van der Waals surface area contributed by atoms with Gasteiger partial charge in [-0.05, 0) is 56.3 Å². The summed E-state index contributed by atoms with van der Waals surface area (Å²) in [5, 5.41) is 19.4. The summed E-state index contributed by atoms with van der Waals surface area (Å²) in [6, 6.07) is 12.1. The van der Waals surface area contributed by atoms with Crippen molar-refractivity contribution in [2.75, 3.05) is 0 Å². The molecule has 2 unspecified atom stereocenters. The molecule has 0 spiro atoms. The van der Waals surface area contributed by atoms with Gasteiger partial charge in [0, 0.05) is 5.56 Å². The van der Waals surface area contributed by atoms with Gasteiger partial charge in [-0.2, -0.15) is 5.26 Å². The highest BCUT2D eigenvalue weighted by Crippen LogP contribution is 2.44. The number of halogens is 1. The van der Waals surface area contributed by atoms with Crippen molar-refractivity contribution < 1.29 is 18.3 Å². The molecule has 5 nitrogen and oxygen atoms in total. The van der Waals surface area contributed by atoms with Crippen molar-refractivity contribution >= 4 is 25.8 Å². The Morgan fingerprint density at radius 3 is 2.36 bits per heavy atom. The molecule has 0 amide bonds. The number of nitriles is 1. The Balaban J connectivity index is 2.06. The minimum Gasteiger partial charge on any atom is -0.486 e. The van der Waals surface area contributed by atoms with Gasteiger partial charge in [-0.3, -0.25) is 0 Å². The Morgan fingerprint density at radius 2 is 1.76 bits per heavy atom. The van der Waals surface area contributed by atoms with E-state index in [2.05, 4.69) is 15.9 Å². The van der Waals surface area contributed by atoms with E-state index in [1.165, 1.54) is 36.4 Å². The van der Waals surface area contributed by atoms with Gasteiger partial charge in [0.15, 0.2) is 0 Å². The number of fused-ring (bicyclic) bond motifs is 1. The van der Waals surface area contributed by atoms with E-state index in [0.29, 0.717) is 16.9 Å². The largest absolute Gasteiger partial charge is 0.486 e. The molecule has 0 radical (unpaired) electrons. The summed E-state index contributed by atoms with van der Waals surface area (Å²) >= 11 is 3.43. The quantitative estimate of drug-likeness (QED) is 0.750. The van der Waals surface area contributed by atoms with Crippen molar-refractivity contribution in [1.82, 2.24) is 0 Å². The number of nitrogens with zero attached hydrogens (tertiary/aromatic N) is 1. The summed E-state index contributed by atoms with van der Waals surface area (Å²) in [6.07, 6.45) is -0.894. The third-order valence-corrected chi connectivity index (χ3v) is 7.59. The minimum atomic E-state index is -3.76. The average Bonchev–Trinajstić information content (AvgIpc) is 2.59. The van der Waals surface area contributed by atoms with Crippen LogP contribution in [0.1, 0.15) is 31.1 Å². The first kappa shape index (κ1) is 17.9. The van der Waals surface area contributed by atoms with Crippen LogP contribution in [0.25, 0.3) is 0 Å². The van der Waals surface area contributed by atoms with Crippen molar-refractivity contribution in [1.29, 1.82) is 5.26 Å². The topological polar surface area (TPSA) is 87.4 Å². The van der Waals surface area contributed by atoms with Gasteiger partial charge in [0.05, 0.1) is 32.4 Å². The molecule has 3 rings (SSSR count). The Labute approximate surface area is 154 Å². The van der Waals surface area contributed by atoms with Gasteiger partial charge in [0.1, 0.15) is 11.4 Å². The summed E-state index contributed by atoms with van der Waals surface area (Å²) in [4.78, 5) is -0.216. The summed E-state index contributed by atoms with van der Waals surface area (Å²) in [5.41, 5.74) is 0.188. The van der Waals surface area contributed by atoms with E-state index in [0.717, 1.165) is 0 Å². The number of ether oxygens (including phenoxy) is 1. The second kappa shape index (κ2) is 6.13. The van der Waals surface area contributed by atoms with Gasteiger partial charge in [-0.1, -0.05) is 15.9 Å². The molecule has 0 saturated carbocycles. The van der Waals surface area contributed by atoms with E-state index >= 15 is 0 Å². The highest BCUT2D eigenvalue weighted by Gasteiger charge is 2.42. The maximum Gasteiger partial charge on any atom is 0.206 e. The van der Waals surface area contributed by atoms with Crippen molar-refractivity contribution in [3.8, 4) is 11.8 Å². The highest BCUT2D eigenvalue weighted by molar-refractivity contribution is 9.09. The van der Waals surface area contributed by atoms with Crippen LogP contribution in [0.3, 0.4) is 0 Å². The lowest BCUT2D eigenvalue weighted by Gasteiger charge is -2.40. The third-order valence-electron chi connectivity index (χ3n) is 4.22. The zero-order valence-electron chi connectivity index (χ0n) is 13.6. The highest BCUT2D eigenvalue weighted by atomic mass is 79.9. The van der Waals surface area contributed by atoms with Crippen LogP contribution in [-0.4, -0.2) is 24.0 Å². The molecule has 1 aliphatic heterocycles. The number of aliphatic hydroxyl groups excluding tert-OH is 1. The predicted octanol–water partition coefficient (Wildman–Crippen LogP) is 3.36. The Morgan fingerprint density at radius 1 is 1.16 bits per heavy atom. The van der Waals surface area contributed by atoms with E-state index in [4.69, 9.17) is 10.00 Å². The second-order valence-corrected chi connectivity index (χ2v) is 9.33. The third kappa shape index (κ3) is 3.06. The van der Waals surface area contributed by atoms with Crippen LogP contribution in [0, 0.1) is 11.3 Å². The zero-order chi connectivity index (χ0) is 18.4. The molecule has 0 aliphatic carbocycles. The molecule has 0 fully saturated rings. The van der Waals surface area contributed by atoms with Crippen molar-refractivity contribution in [3.63, 3.8) is 0 Å². The molecule has 0 aromatic heterocycles. The fourth-order valence-corrected chi connectivity index (χ4v) is 4.41. The summed E-state index contributed by atoms with van der Waals surface area (Å²) in [5.74, 6) is 0.465. The van der Waals surface area contributed by atoms with Crippen LogP contribution in [0.15, 0.2) is 52.3 Å². The molecule has 2 atom stereocenters. The fourth-order valence-electron chi connectivity index (χ4n) is 2.74. The Kier molecular flexibility index (Phi) is 4.40. The van der Waals surface area contributed by atoms with Gasteiger partial charge in [-0.25, -0.2) is 8.42 Å². The molecule has 1 aliphatic rings. The summed E-state index contributed by atoms with van der Waals surface area (Å²) < 4.78 is 31.5. The molecule has 25 heavy (non-hydrogen) atoms.